The van der Waals surface area contributed by atoms with Gasteiger partial charge in [0.05, 0.1) is 11.4 Å². The van der Waals surface area contributed by atoms with Crippen LogP contribution in [0, 0.1) is 0 Å². The van der Waals surface area contributed by atoms with E-state index in [-0.39, 0.29) is 23.4 Å². The highest BCUT2D eigenvalue weighted by Gasteiger charge is 2.25. The molecule has 0 saturated carbocycles. The van der Waals surface area contributed by atoms with E-state index in [9.17, 15) is 18.0 Å². The number of hydrogen-bond donors (Lipinski definition) is 2. The fourth-order valence-electron chi connectivity index (χ4n) is 2.72. The van der Waals surface area contributed by atoms with Gasteiger partial charge in [0.25, 0.3) is 5.91 Å². The second-order valence-corrected chi connectivity index (χ2v) is 8.49. The average molecular weight is 381 g/mol. The Bertz CT molecular complexity index is 725. The van der Waals surface area contributed by atoms with Gasteiger partial charge in [0.1, 0.15) is 0 Å². The van der Waals surface area contributed by atoms with Gasteiger partial charge in [-0.1, -0.05) is 13.3 Å². The largest absolute Gasteiger partial charge is 0.352 e. The number of benzene rings is 1. The van der Waals surface area contributed by atoms with Crippen molar-refractivity contribution < 1.29 is 18.0 Å². The van der Waals surface area contributed by atoms with Crippen molar-refractivity contribution in [2.24, 2.45) is 0 Å². The van der Waals surface area contributed by atoms with Gasteiger partial charge >= 0.3 is 0 Å². The maximum Gasteiger partial charge on any atom is 0.251 e. The van der Waals surface area contributed by atoms with E-state index in [0.717, 1.165) is 25.7 Å². The summed E-state index contributed by atoms with van der Waals surface area (Å²) in [6.07, 6.45) is 3.61. The van der Waals surface area contributed by atoms with E-state index in [1.807, 2.05) is 13.8 Å². The van der Waals surface area contributed by atoms with E-state index < -0.39 is 15.9 Å². The zero-order chi connectivity index (χ0) is 19.2. The lowest BCUT2D eigenvalue weighted by atomic mass is 10.2. The highest BCUT2D eigenvalue weighted by atomic mass is 32.2. The predicted molar refractivity (Wildman–Crippen MR) is 99.3 cm³/mol. The van der Waals surface area contributed by atoms with Gasteiger partial charge in [-0.25, -0.2) is 8.42 Å². The third kappa shape index (κ3) is 5.28. The van der Waals surface area contributed by atoms with Crippen LogP contribution in [0.25, 0.3) is 0 Å². The van der Waals surface area contributed by atoms with E-state index in [2.05, 4.69) is 10.6 Å². The van der Waals surface area contributed by atoms with Crippen molar-refractivity contribution in [2.75, 3.05) is 19.6 Å². The van der Waals surface area contributed by atoms with Crippen LogP contribution < -0.4 is 10.6 Å². The molecule has 144 valence electrons. The van der Waals surface area contributed by atoms with Gasteiger partial charge in [-0.15, -0.1) is 0 Å². The number of rotatable bonds is 7. The normalized spacial score (nSPS) is 16.7. The molecular weight excluding hydrogens is 354 g/mol. The molecular formula is C18H27N3O4S. The van der Waals surface area contributed by atoms with E-state index >= 15 is 0 Å². The minimum absolute atomic E-state index is 0.0543. The summed E-state index contributed by atoms with van der Waals surface area (Å²) in [4.78, 5) is 24.0. The topological polar surface area (TPSA) is 95.6 Å². The Morgan fingerprint density at radius 2 is 1.73 bits per heavy atom. The van der Waals surface area contributed by atoms with Gasteiger partial charge in [-0.3, -0.25) is 9.59 Å². The Kier molecular flexibility index (Phi) is 7.16. The van der Waals surface area contributed by atoms with Crippen LogP contribution in [-0.4, -0.2) is 50.2 Å². The summed E-state index contributed by atoms with van der Waals surface area (Å²) in [6, 6.07) is 5.88. The number of amides is 2. The Morgan fingerprint density at radius 3 is 2.31 bits per heavy atom. The van der Waals surface area contributed by atoms with E-state index in [1.165, 1.54) is 28.6 Å². The number of carbonyl (C=O) groups excluding carboxylic acids is 2. The molecule has 1 fully saturated rings. The molecule has 1 unspecified atom stereocenters. The lowest BCUT2D eigenvalue weighted by molar-refractivity contribution is -0.120. The molecule has 0 aliphatic carbocycles. The fourth-order valence-corrected chi connectivity index (χ4v) is 4.24. The van der Waals surface area contributed by atoms with Crippen molar-refractivity contribution in [1.82, 2.24) is 14.9 Å². The SMILES string of the molecule is CCC(C)NC(=O)CNC(=O)c1ccc(S(=O)(=O)N2CCCCC2)cc1. The van der Waals surface area contributed by atoms with Crippen LogP contribution in [0.5, 0.6) is 0 Å². The zero-order valence-electron chi connectivity index (χ0n) is 15.3. The molecule has 1 atom stereocenters. The lowest BCUT2D eigenvalue weighted by Crippen LogP contribution is -2.40. The van der Waals surface area contributed by atoms with E-state index in [1.54, 1.807) is 0 Å². The molecule has 0 bridgehead atoms. The van der Waals surface area contributed by atoms with E-state index in [4.69, 9.17) is 0 Å². The van der Waals surface area contributed by atoms with E-state index in [0.29, 0.717) is 18.7 Å². The molecule has 1 saturated heterocycles. The second-order valence-electron chi connectivity index (χ2n) is 6.55. The number of carbonyl (C=O) groups is 2. The molecule has 1 heterocycles. The molecule has 1 aromatic carbocycles. The van der Waals surface area contributed by atoms with Crippen LogP contribution in [0.4, 0.5) is 0 Å². The molecule has 2 N–H and O–H groups in total. The van der Waals surface area contributed by atoms with Crippen molar-refractivity contribution in [3.63, 3.8) is 0 Å². The van der Waals surface area contributed by atoms with Gasteiger partial charge in [-0.2, -0.15) is 4.31 Å². The first-order chi connectivity index (χ1) is 12.3. The van der Waals surface area contributed by atoms with Crippen LogP contribution in [0.3, 0.4) is 0 Å². The summed E-state index contributed by atoms with van der Waals surface area (Å²) >= 11 is 0. The number of piperidine rings is 1. The van der Waals surface area contributed by atoms with Crippen LogP contribution in [0.2, 0.25) is 0 Å². The molecule has 26 heavy (non-hydrogen) atoms. The minimum atomic E-state index is -3.51. The monoisotopic (exact) mass is 381 g/mol. The van der Waals surface area contributed by atoms with Gasteiger partial charge in [0.15, 0.2) is 0 Å². The third-order valence-corrected chi connectivity index (χ3v) is 6.41. The summed E-state index contributed by atoms with van der Waals surface area (Å²) in [5, 5.41) is 5.30. The molecule has 0 radical (unpaired) electrons. The standard InChI is InChI=1S/C18H27N3O4S/c1-3-14(2)20-17(22)13-19-18(23)15-7-9-16(10-8-15)26(24,25)21-11-5-4-6-12-21/h7-10,14H,3-6,11-13H2,1-2H3,(H,19,23)(H,20,22). The molecule has 7 nitrogen and oxygen atoms in total. The van der Waals surface area contributed by atoms with Crippen LogP contribution in [0.15, 0.2) is 29.2 Å². The zero-order valence-corrected chi connectivity index (χ0v) is 16.1. The van der Waals surface area contributed by atoms with Crippen molar-refractivity contribution in [1.29, 1.82) is 0 Å². The van der Waals surface area contributed by atoms with Crippen molar-refractivity contribution >= 4 is 21.8 Å². The summed E-state index contributed by atoms with van der Waals surface area (Å²) in [7, 11) is -3.51. The van der Waals surface area contributed by atoms with Crippen LogP contribution in [-0.2, 0) is 14.8 Å². The van der Waals surface area contributed by atoms with Crippen molar-refractivity contribution in [3.05, 3.63) is 29.8 Å². The maximum absolute atomic E-state index is 12.6. The van der Waals surface area contributed by atoms with Gasteiger partial charge < -0.3 is 10.6 Å². The van der Waals surface area contributed by atoms with Crippen LogP contribution >= 0.6 is 0 Å². The number of nitrogens with one attached hydrogen (secondary N) is 2. The summed E-state index contributed by atoms with van der Waals surface area (Å²) < 4.78 is 26.7. The smallest absolute Gasteiger partial charge is 0.251 e. The molecule has 2 rings (SSSR count). The Morgan fingerprint density at radius 1 is 1.12 bits per heavy atom. The molecule has 1 aliphatic heterocycles. The maximum atomic E-state index is 12.6. The van der Waals surface area contributed by atoms with Crippen molar-refractivity contribution in [2.45, 2.75) is 50.5 Å². The molecule has 2 amide bonds. The lowest BCUT2D eigenvalue weighted by Gasteiger charge is -2.25. The van der Waals surface area contributed by atoms with Gasteiger partial charge in [-0.05, 0) is 50.5 Å². The highest BCUT2D eigenvalue weighted by Crippen LogP contribution is 2.20. The van der Waals surface area contributed by atoms with Gasteiger partial charge in [0.2, 0.25) is 15.9 Å². The summed E-state index contributed by atoms with van der Waals surface area (Å²) in [5.41, 5.74) is 0.318. The Labute approximate surface area is 155 Å². The molecule has 0 spiro atoms. The third-order valence-electron chi connectivity index (χ3n) is 4.50. The van der Waals surface area contributed by atoms with Crippen molar-refractivity contribution in [3.8, 4) is 0 Å². The number of nitrogens with zero attached hydrogens (tertiary/aromatic N) is 1. The number of sulfonamides is 1. The summed E-state index contributed by atoms with van der Waals surface area (Å²) in [6.45, 7) is 4.81. The molecule has 8 heteroatoms. The Hall–Kier alpha value is -1.93. The average Bonchev–Trinajstić information content (AvgIpc) is 2.66. The second kappa shape index (κ2) is 9.14. The number of hydrogen-bond acceptors (Lipinski definition) is 4. The first kappa shape index (κ1) is 20.4. The quantitative estimate of drug-likeness (QED) is 0.748. The van der Waals surface area contributed by atoms with Gasteiger partial charge in [0, 0.05) is 24.7 Å². The molecule has 1 aromatic rings. The fraction of sp³-hybridized carbons (Fsp3) is 0.556. The molecule has 1 aliphatic rings. The summed E-state index contributed by atoms with van der Waals surface area (Å²) in [5.74, 6) is -0.664. The first-order valence-electron chi connectivity index (χ1n) is 9.02. The first-order valence-corrected chi connectivity index (χ1v) is 10.5. The minimum Gasteiger partial charge on any atom is -0.352 e. The highest BCUT2D eigenvalue weighted by molar-refractivity contribution is 7.89. The molecule has 0 aromatic heterocycles. The predicted octanol–water partition coefficient (Wildman–Crippen LogP) is 1.51. The Balaban J connectivity index is 1.96. The van der Waals surface area contributed by atoms with Crippen LogP contribution in [0.1, 0.15) is 49.9 Å².